The van der Waals surface area contributed by atoms with Crippen molar-refractivity contribution in [2.24, 2.45) is 0 Å². The summed E-state index contributed by atoms with van der Waals surface area (Å²) in [7, 11) is 0. The number of hydrogen-bond donors (Lipinski definition) is 3. The van der Waals surface area contributed by atoms with Crippen molar-refractivity contribution >= 4 is 5.97 Å². The van der Waals surface area contributed by atoms with Crippen LogP contribution in [0.15, 0.2) is 11.1 Å². The van der Waals surface area contributed by atoms with Crippen LogP contribution in [0.4, 0.5) is 0 Å². The van der Waals surface area contributed by atoms with E-state index in [9.17, 15) is 15.0 Å². The third kappa shape index (κ3) is 4.08. The van der Waals surface area contributed by atoms with Crippen LogP contribution in [0.2, 0.25) is 0 Å². The first-order valence-electron chi connectivity index (χ1n) is 6.39. The van der Waals surface area contributed by atoms with Crippen LogP contribution in [-0.4, -0.2) is 39.8 Å². The molecule has 1 rings (SSSR count). The monoisotopic (exact) mass is 258 g/mol. The van der Waals surface area contributed by atoms with E-state index in [0.717, 1.165) is 25.7 Å². The minimum absolute atomic E-state index is 0.193. The van der Waals surface area contributed by atoms with Gasteiger partial charge in [0, 0.05) is 5.57 Å². The highest BCUT2D eigenvalue weighted by Gasteiger charge is 2.33. The highest BCUT2D eigenvalue weighted by Crippen LogP contribution is 2.25. The predicted molar refractivity (Wildman–Crippen MR) is 65.6 cm³/mol. The molecule has 0 spiro atoms. The molecule has 0 fully saturated rings. The van der Waals surface area contributed by atoms with Crippen LogP contribution in [0.5, 0.6) is 0 Å². The molecule has 0 aromatic carbocycles. The molecule has 1 heterocycles. The van der Waals surface area contributed by atoms with Crippen molar-refractivity contribution in [3.63, 3.8) is 0 Å². The van der Waals surface area contributed by atoms with E-state index in [0.29, 0.717) is 12.0 Å². The van der Waals surface area contributed by atoms with Gasteiger partial charge >= 0.3 is 5.97 Å². The quantitative estimate of drug-likeness (QED) is 0.466. The molecule has 5 heteroatoms. The van der Waals surface area contributed by atoms with Crippen LogP contribution >= 0.6 is 0 Å². The first-order valence-corrected chi connectivity index (χ1v) is 6.39. The van der Waals surface area contributed by atoms with E-state index in [1.54, 1.807) is 13.8 Å². The predicted octanol–water partition coefficient (Wildman–Crippen LogP) is 0.870. The highest BCUT2D eigenvalue weighted by molar-refractivity contribution is 5.92. The Labute approximate surface area is 107 Å². The third-order valence-electron chi connectivity index (χ3n) is 3.17. The van der Waals surface area contributed by atoms with Crippen molar-refractivity contribution in [3.8, 4) is 0 Å². The molecule has 0 saturated carbocycles. The topological polar surface area (TPSA) is 87.0 Å². The summed E-state index contributed by atoms with van der Waals surface area (Å²) >= 11 is 0. The number of cyclic esters (lactones) is 1. The second-order valence-corrected chi connectivity index (χ2v) is 4.86. The van der Waals surface area contributed by atoms with Gasteiger partial charge in [-0.2, -0.15) is 0 Å². The largest absolute Gasteiger partial charge is 0.428 e. The molecule has 1 aliphatic heterocycles. The summed E-state index contributed by atoms with van der Waals surface area (Å²) in [6.07, 6.45) is 1.40. The Kier molecular flexibility index (Phi) is 5.78. The van der Waals surface area contributed by atoms with E-state index in [4.69, 9.17) is 5.11 Å². The van der Waals surface area contributed by atoms with Crippen LogP contribution in [0.3, 0.4) is 0 Å². The van der Waals surface area contributed by atoms with Crippen molar-refractivity contribution in [1.82, 2.24) is 0 Å². The average molecular weight is 258 g/mol. The minimum Gasteiger partial charge on any atom is -0.428 e. The van der Waals surface area contributed by atoms with Gasteiger partial charge in [-0.25, -0.2) is 4.79 Å². The summed E-state index contributed by atoms with van der Waals surface area (Å²) in [5, 5.41) is 28.3. The summed E-state index contributed by atoms with van der Waals surface area (Å²) in [6.45, 7) is 3.33. The second-order valence-electron chi connectivity index (χ2n) is 4.86. The molecule has 0 radical (unpaired) electrons. The van der Waals surface area contributed by atoms with Crippen molar-refractivity contribution in [1.29, 1.82) is 0 Å². The molecule has 5 nitrogen and oxygen atoms in total. The maximum Gasteiger partial charge on any atom is 0.339 e. The molecule has 3 N–H and O–H groups in total. The van der Waals surface area contributed by atoms with E-state index in [-0.39, 0.29) is 11.7 Å². The van der Waals surface area contributed by atoms with Gasteiger partial charge in [-0.15, -0.1) is 0 Å². The molecule has 0 bridgehead atoms. The summed E-state index contributed by atoms with van der Waals surface area (Å²) in [5.41, 5.74) is 0.592. The fourth-order valence-electron chi connectivity index (χ4n) is 2.04. The van der Waals surface area contributed by atoms with Crippen molar-refractivity contribution in [2.75, 3.05) is 0 Å². The Morgan fingerprint density at radius 1 is 1.22 bits per heavy atom. The van der Waals surface area contributed by atoms with Crippen LogP contribution in [-0.2, 0) is 9.53 Å². The molecule has 0 saturated heterocycles. The maximum atomic E-state index is 11.4. The lowest BCUT2D eigenvalue weighted by molar-refractivity contribution is -0.152. The Bertz CT molecular complexity index is 321. The molecule has 1 aliphatic rings. The Morgan fingerprint density at radius 2 is 1.83 bits per heavy atom. The second kappa shape index (κ2) is 6.87. The van der Waals surface area contributed by atoms with Crippen LogP contribution in [0.25, 0.3) is 0 Å². The van der Waals surface area contributed by atoms with Gasteiger partial charge < -0.3 is 20.1 Å². The zero-order valence-corrected chi connectivity index (χ0v) is 10.9. The molecule has 3 atom stereocenters. The standard InChI is InChI=1S/C13H22O5/c1-8(14)6-4-3-5-7-10(15)11-9(2)12(16)18-13(11)17/h8,10,12,14-16H,3-7H2,1-2H3/t8-,10-,12+/m1/s1. The molecule has 0 aromatic heterocycles. The van der Waals surface area contributed by atoms with Gasteiger partial charge in [0.2, 0.25) is 6.29 Å². The maximum absolute atomic E-state index is 11.4. The third-order valence-corrected chi connectivity index (χ3v) is 3.17. The fourth-order valence-corrected chi connectivity index (χ4v) is 2.04. The number of aliphatic hydroxyl groups excluding tert-OH is 3. The summed E-state index contributed by atoms with van der Waals surface area (Å²) in [5.74, 6) is -0.628. The van der Waals surface area contributed by atoms with Gasteiger partial charge in [0.25, 0.3) is 0 Å². The zero-order chi connectivity index (χ0) is 13.7. The van der Waals surface area contributed by atoms with Crippen molar-refractivity contribution in [3.05, 3.63) is 11.1 Å². The van der Waals surface area contributed by atoms with E-state index < -0.39 is 18.4 Å². The van der Waals surface area contributed by atoms with Crippen LogP contribution in [0.1, 0.15) is 46.0 Å². The molecule has 104 valence electrons. The number of aliphatic hydroxyl groups is 3. The van der Waals surface area contributed by atoms with E-state index in [1.807, 2.05) is 0 Å². The molecule has 0 aromatic rings. The number of carbonyl (C=O) groups is 1. The van der Waals surface area contributed by atoms with E-state index in [2.05, 4.69) is 4.74 Å². The Morgan fingerprint density at radius 3 is 2.33 bits per heavy atom. The molecule has 0 unspecified atom stereocenters. The number of esters is 1. The number of unbranched alkanes of at least 4 members (excludes halogenated alkanes) is 2. The average Bonchev–Trinajstić information content (AvgIpc) is 2.52. The van der Waals surface area contributed by atoms with Gasteiger partial charge in [-0.05, 0) is 26.7 Å². The first-order chi connectivity index (χ1) is 8.43. The fraction of sp³-hybridized carbons (Fsp3) is 0.769. The number of ether oxygens (including phenoxy) is 1. The first kappa shape index (κ1) is 15.1. The number of carbonyl (C=O) groups excluding carboxylic acids is 1. The van der Waals surface area contributed by atoms with Crippen molar-refractivity contribution in [2.45, 2.75) is 64.4 Å². The van der Waals surface area contributed by atoms with Crippen LogP contribution in [0, 0.1) is 0 Å². The van der Waals surface area contributed by atoms with Crippen molar-refractivity contribution < 1.29 is 24.9 Å². The van der Waals surface area contributed by atoms with Gasteiger partial charge in [0.1, 0.15) is 0 Å². The zero-order valence-electron chi connectivity index (χ0n) is 10.9. The van der Waals surface area contributed by atoms with E-state index in [1.165, 1.54) is 0 Å². The van der Waals surface area contributed by atoms with Gasteiger partial charge in [-0.1, -0.05) is 19.3 Å². The normalized spacial score (nSPS) is 23.2. The SMILES string of the molecule is CC1=C([C@H](O)CCCCC[C@@H](C)O)C(=O)O[C@@H]1O. The Balaban J connectivity index is 2.33. The Hall–Kier alpha value is -0.910. The number of hydrogen-bond acceptors (Lipinski definition) is 5. The molecule has 18 heavy (non-hydrogen) atoms. The van der Waals surface area contributed by atoms with E-state index >= 15 is 0 Å². The summed E-state index contributed by atoms with van der Waals surface area (Å²) in [4.78, 5) is 11.4. The van der Waals surface area contributed by atoms with Crippen LogP contribution < -0.4 is 0 Å². The summed E-state index contributed by atoms with van der Waals surface area (Å²) in [6, 6.07) is 0. The molecular formula is C13H22O5. The number of rotatable bonds is 7. The van der Waals surface area contributed by atoms with Gasteiger partial charge in [0.05, 0.1) is 17.8 Å². The molecule has 0 amide bonds. The highest BCUT2D eigenvalue weighted by atomic mass is 16.6. The molecular weight excluding hydrogens is 236 g/mol. The minimum atomic E-state index is -1.21. The lowest BCUT2D eigenvalue weighted by Gasteiger charge is -2.10. The van der Waals surface area contributed by atoms with Gasteiger partial charge in [0.15, 0.2) is 0 Å². The van der Waals surface area contributed by atoms with Gasteiger partial charge in [-0.3, -0.25) is 0 Å². The summed E-state index contributed by atoms with van der Waals surface area (Å²) < 4.78 is 4.62. The lowest BCUT2D eigenvalue weighted by atomic mass is 9.99. The lowest BCUT2D eigenvalue weighted by Crippen LogP contribution is -2.16. The smallest absolute Gasteiger partial charge is 0.339 e. The molecule has 0 aliphatic carbocycles.